The quantitative estimate of drug-likeness (QED) is 0.315. The van der Waals surface area contributed by atoms with Crippen molar-refractivity contribution in [3.63, 3.8) is 0 Å². The number of nitrogens with one attached hydrogen (secondary N) is 1. The summed E-state index contributed by atoms with van der Waals surface area (Å²) in [6.45, 7) is 4.61. The Labute approximate surface area is 193 Å². The SMILES string of the molecule is Cc1ccc(/C(=C(\CCCCO)c2ccccc2)c2ccc(C3CCNCC3)cc2)cc1. The fourth-order valence-electron chi connectivity index (χ4n) is 4.78. The first kappa shape index (κ1) is 22.5. The number of piperidine rings is 1. The smallest absolute Gasteiger partial charge is 0.0431 e. The maximum Gasteiger partial charge on any atom is 0.0431 e. The van der Waals surface area contributed by atoms with Gasteiger partial charge in [0.05, 0.1) is 0 Å². The zero-order valence-electron chi connectivity index (χ0n) is 19.2. The van der Waals surface area contributed by atoms with E-state index in [1.54, 1.807) is 0 Å². The lowest BCUT2D eigenvalue weighted by Crippen LogP contribution is -2.26. The van der Waals surface area contributed by atoms with Gasteiger partial charge in [-0.2, -0.15) is 0 Å². The molecular formula is C30H35NO. The Balaban J connectivity index is 1.80. The van der Waals surface area contributed by atoms with Gasteiger partial charge in [-0.15, -0.1) is 0 Å². The molecular weight excluding hydrogens is 390 g/mol. The van der Waals surface area contributed by atoms with Crippen molar-refractivity contribution in [2.45, 2.75) is 44.9 Å². The van der Waals surface area contributed by atoms with Crippen LogP contribution in [0.1, 0.15) is 65.8 Å². The molecule has 1 saturated heterocycles. The molecule has 0 aliphatic carbocycles. The maximum absolute atomic E-state index is 9.39. The van der Waals surface area contributed by atoms with E-state index in [0.29, 0.717) is 5.92 Å². The number of hydrogen-bond donors (Lipinski definition) is 2. The van der Waals surface area contributed by atoms with E-state index in [1.807, 2.05) is 0 Å². The predicted molar refractivity (Wildman–Crippen MR) is 136 cm³/mol. The highest BCUT2D eigenvalue weighted by Crippen LogP contribution is 2.36. The second-order valence-electron chi connectivity index (χ2n) is 8.91. The first-order chi connectivity index (χ1) is 15.8. The number of benzene rings is 3. The van der Waals surface area contributed by atoms with E-state index in [1.165, 1.54) is 51.8 Å². The van der Waals surface area contributed by atoms with Crippen molar-refractivity contribution in [1.29, 1.82) is 0 Å². The highest BCUT2D eigenvalue weighted by atomic mass is 16.2. The summed E-state index contributed by atoms with van der Waals surface area (Å²) in [6.07, 6.45) is 5.19. The molecule has 0 amide bonds. The van der Waals surface area contributed by atoms with Crippen LogP contribution in [0.15, 0.2) is 78.9 Å². The molecule has 2 N–H and O–H groups in total. The Bertz CT molecular complexity index is 997. The van der Waals surface area contributed by atoms with Gasteiger partial charge < -0.3 is 10.4 Å². The fourth-order valence-corrected chi connectivity index (χ4v) is 4.78. The van der Waals surface area contributed by atoms with Gasteiger partial charge in [0.1, 0.15) is 0 Å². The lowest BCUT2D eigenvalue weighted by Gasteiger charge is -2.23. The molecule has 0 radical (unpaired) electrons. The maximum atomic E-state index is 9.39. The van der Waals surface area contributed by atoms with Gasteiger partial charge in [0.25, 0.3) is 0 Å². The van der Waals surface area contributed by atoms with Crippen molar-refractivity contribution < 1.29 is 5.11 Å². The molecule has 3 aromatic rings. The molecule has 0 bridgehead atoms. The van der Waals surface area contributed by atoms with Crippen LogP contribution >= 0.6 is 0 Å². The van der Waals surface area contributed by atoms with Gasteiger partial charge in [0.15, 0.2) is 0 Å². The van der Waals surface area contributed by atoms with E-state index in [4.69, 9.17) is 0 Å². The Morgan fingerprint density at radius 1 is 0.781 bits per heavy atom. The molecule has 0 spiro atoms. The van der Waals surface area contributed by atoms with Crippen LogP contribution in [0.2, 0.25) is 0 Å². The average molecular weight is 426 g/mol. The summed E-state index contributed by atoms with van der Waals surface area (Å²) in [5.41, 5.74) is 9.20. The standard InChI is InChI=1S/C30H35NO/c1-23-10-12-27(13-11-23)30(29(9-5-6-22-32)26-7-3-2-4-8-26)28-16-14-24(15-17-28)25-18-20-31-21-19-25/h2-4,7-8,10-17,25,31-32H,5-6,9,18-22H2,1H3/b30-29-. The number of allylic oxidation sites excluding steroid dienone is 1. The normalized spacial score (nSPS) is 15.4. The van der Waals surface area contributed by atoms with Crippen LogP contribution in [0.3, 0.4) is 0 Å². The molecule has 1 aliphatic rings. The minimum Gasteiger partial charge on any atom is -0.396 e. The summed E-state index contributed by atoms with van der Waals surface area (Å²) >= 11 is 0. The number of unbranched alkanes of at least 4 members (excludes halogenated alkanes) is 1. The molecule has 2 nitrogen and oxygen atoms in total. The minimum absolute atomic E-state index is 0.243. The predicted octanol–water partition coefficient (Wildman–Crippen LogP) is 6.58. The lowest BCUT2D eigenvalue weighted by molar-refractivity contribution is 0.285. The van der Waals surface area contributed by atoms with E-state index in [2.05, 4.69) is 91.1 Å². The van der Waals surface area contributed by atoms with Crippen molar-refractivity contribution in [2.75, 3.05) is 19.7 Å². The van der Waals surface area contributed by atoms with Crippen molar-refractivity contribution >= 4 is 11.1 Å². The molecule has 0 saturated carbocycles. The Hall–Kier alpha value is -2.68. The van der Waals surface area contributed by atoms with Crippen LogP contribution < -0.4 is 5.32 Å². The minimum atomic E-state index is 0.243. The molecule has 4 rings (SSSR count). The highest BCUT2D eigenvalue weighted by Gasteiger charge is 2.17. The zero-order chi connectivity index (χ0) is 22.2. The van der Waals surface area contributed by atoms with E-state index in [0.717, 1.165) is 32.4 Å². The molecule has 32 heavy (non-hydrogen) atoms. The van der Waals surface area contributed by atoms with E-state index in [-0.39, 0.29) is 6.61 Å². The van der Waals surface area contributed by atoms with E-state index < -0.39 is 0 Å². The van der Waals surface area contributed by atoms with Crippen LogP contribution in [0.25, 0.3) is 11.1 Å². The molecule has 1 aliphatic heterocycles. The van der Waals surface area contributed by atoms with Crippen LogP contribution in [0.4, 0.5) is 0 Å². The highest BCUT2D eigenvalue weighted by molar-refractivity contribution is 5.98. The lowest BCUT2D eigenvalue weighted by atomic mass is 9.85. The molecule has 2 heteroatoms. The molecule has 0 aromatic heterocycles. The van der Waals surface area contributed by atoms with E-state index >= 15 is 0 Å². The summed E-state index contributed by atoms with van der Waals surface area (Å²) in [5.74, 6) is 0.662. The van der Waals surface area contributed by atoms with Gasteiger partial charge in [-0.3, -0.25) is 0 Å². The van der Waals surface area contributed by atoms with Crippen LogP contribution in [0, 0.1) is 6.92 Å². The van der Waals surface area contributed by atoms with Crippen molar-refractivity contribution in [3.05, 3.63) is 107 Å². The number of aryl methyl sites for hydroxylation is 1. The average Bonchev–Trinajstić information content (AvgIpc) is 2.86. The molecule has 166 valence electrons. The second kappa shape index (κ2) is 11.3. The van der Waals surface area contributed by atoms with Crippen molar-refractivity contribution in [1.82, 2.24) is 5.32 Å². The summed E-state index contributed by atoms with van der Waals surface area (Å²) < 4.78 is 0. The largest absolute Gasteiger partial charge is 0.396 e. The first-order valence-electron chi connectivity index (χ1n) is 12.0. The first-order valence-corrected chi connectivity index (χ1v) is 12.0. The van der Waals surface area contributed by atoms with E-state index in [9.17, 15) is 5.11 Å². The van der Waals surface area contributed by atoms with Gasteiger partial charge in [-0.1, -0.05) is 84.4 Å². The van der Waals surface area contributed by atoms with Crippen molar-refractivity contribution in [3.8, 4) is 0 Å². The van der Waals surface area contributed by atoms with Gasteiger partial charge in [0, 0.05) is 6.61 Å². The van der Waals surface area contributed by atoms with Gasteiger partial charge in [-0.25, -0.2) is 0 Å². The summed E-state index contributed by atoms with van der Waals surface area (Å²) in [5, 5.41) is 12.9. The topological polar surface area (TPSA) is 32.3 Å². The Kier molecular flexibility index (Phi) is 7.92. The molecule has 1 fully saturated rings. The monoisotopic (exact) mass is 425 g/mol. The van der Waals surface area contributed by atoms with Crippen LogP contribution in [-0.4, -0.2) is 24.8 Å². The zero-order valence-corrected chi connectivity index (χ0v) is 19.2. The van der Waals surface area contributed by atoms with Crippen LogP contribution in [-0.2, 0) is 0 Å². The van der Waals surface area contributed by atoms with Gasteiger partial charge in [-0.05, 0) is 91.4 Å². The molecule has 1 heterocycles. The van der Waals surface area contributed by atoms with Gasteiger partial charge in [0.2, 0.25) is 0 Å². The number of aliphatic hydroxyl groups excluding tert-OH is 1. The van der Waals surface area contributed by atoms with Crippen LogP contribution in [0.5, 0.6) is 0 Å². The Morgan fingerprint density at radius 2 is 1.41 bits per heavy atom. The molecule has 0 atom stereocenters. The third-order valence-corrected chi connectivity index (χ3v) is 6.61. The second-order valence-corrected chi connectivity index (χ2v) is 8.91. The summed E-state index contributed by atoms with van der Waals surface area (Å²) in [7, 11) is 0. The fraction of sp³-hybridized carbons (Fsp3) is 0.333. The number of aliphatic hydroxyl groups is 1. The third kappa shape index (κ3) is 5.56. The molecule has 3 aromatic carbocycles. The number of hydrogen-bond acceptors (Lipinski definition) is 2. The number of rotatable bonds is 8. The van der Waals surface area contributed by atoms with Crippen molar-refractivity contribution in [2.24, 2.45) is 0 Å². The molecule has 0 unspecified atom stereocenters. The summed E-state index contributed by atoms with van der Waals surface area (Å²) in [4.78, 5) is 0. The Morgan fingerprint density at radius 3 is 2.03 bits per heavy atom. The summed E-state index contributed by atoms with van der Waals surface area (Å²) in [6, 6.07) is 29.0. The third-order valence-electron chi connectivity index (χ3n) is 6.61. The van der Waals surface area contributed by atoms with Gasteiger partial charge >= 0.3 is 0 Å².